The molecule has 10 nitrogen and oxygen atoms in total. The fraction of sp³-hybridized carbons (Fsp3) is 0.565. The molecule has 0 bridgehead atoms. The number of nitrogens with one attached hydrogen (secondary N) is 2. The van der Waals surface area contributed by atoms with Gasteiger partial charge in [0.05, 0.1) is 16.7 Å². The van der Waals surface area contributed by atoms with Crippen molar-refractivity contribution in [1.29, 1.82) is 0 Å². The average molecular weight is 494 g/mol. The van der Waals surface area contributed by atoms with Crippen LogP contribution in [0.3, 0.4) is 0 Å². The summed E-state index contributed by atoms with van der Waals surface area (Å²) in [4.78, 5) is 51.5. The maximum atomic E-state index is 12.7. The smallest absolute Gasteiger partial charge is 0.329 e. The number of rotatable bonds is 8. The maximum absolute atomic E-state index is 12.7. The predicted octanol–water partition coefficient (Wildman–Crippen LogP) is 1.81. The molecule has 1 aromatic carbocycles. The number of ether oxygens (including phenoxy) is 1. The van der Waals surface area contributed by atoms with Crippen LogP contribution >= 0.6 is 0 Å². The molecule has 1 aromatic rings. The quantitative estimate of drug-likeness (QED) is 0.416. The molecule has 1 heterocycles. The van der Waals surface area contributed by atoms with Crippen LogP contribution < -0.4 is 10.0 Å². The van der Waals surface area contributed by atoms with Crippen molar-refractivity contribution >= 4 is 39.4 Å². The molecule has 11 heteroatoms. The van der Waals surface area contributed by atoms with Gasteiger partial charge in [0.25, 0.3) is 5.91 Å². The number of hydrogen-bond donors (Lipinski definition) is 2. The molecule has 1 aliphatic carbocycles. The lowest BCUT2D eigenvalue weighted by Crippen LogP contribution is -2.46. The zero-order valence-corrected chi connectivity index (χ0v) is 20.6. The molecule has 0 unspecified atom stereocenters. The van der Waals surface area contributed by atoms with Crippen LogP contribution in [0.2, 0.25) is 0 Å². The van der Waals surface area contributed by atoms with Crippen molar-refractivity contribution in [3.05, 3.63) is 24.3 Å². The summed E-state index contributed by atoms with van der Waals surface area (Å²) in [5.74, 6) is -2.93. The molecule has 1 aliphatic heterocycles. The average Bonchev–Trinajstić information content (AvgIpc) is 3.03. The van der Waals surface area contributed by atoms with Gasteiger partial charge >= 0.3 is 5.97 Å². The minimum atomic E-state index is -3.66. The Bertz CT molecular complexity index is 1040. The van der Waals surface area contributed by atoms with Gasteiger partial charge in [0.15, 0.2) is 6.10 Å². The van der Waals surface area contributed by atoms with E-state index in [2.05, 4.69) is 10.0 Å². The monoisotopic (exact) mass is 493 g/mol. The molecule has 0 spiro atoms. The molecule has 186 valence electrons. The van der Waals surface area contributed by atoms with E-state index in [-0.39, 0.29) is 34.6 Å². The van der Waals surface area contributed by atoms with E-state index < -0.39 is 34.0 Å². The first-order valence-electron chi connectivity index (χ1n) is 11.4. The Labute approximate surface area is 199 Å². The highest BCUT2D eigenvalue weighted by atomic mass is 32.2. The second kappa shape index (κ2) is 10.2. The highest BCUT2D eigenvalue weighted by Crippen LogP contribution is 2.39. The Morgan fingerprint density at radius 1 is 0.971 bits per heavy atom. The van der Waals surface area contributed by atoms with Gasteiger partial charge in [0.1, 0.15) is 6.04 Å². The van der Waals surface area contributed by atoms with Gasteiger partial charge in [0.2, 0.25) is 21.8 Å². The van der Waals surface area contributed by atoms with Gasteiger partial charge in [-0.2, -0.15) is 0 Å². The maximum Gasteiger partial charge on any atom is 0.329 e. The second-order valence-corrected chi connectivity index (χ2v) is 10.8. The number of anilines is 1. The third-order valence-electron chi connectivity index (χ3n) is 6.09. The van der Waals surface area contributed by atoms with Crippen LogP contribution in [0.15, 0.2) is 29.2 Å². The fourth-order valence-corrected chi connectivity index (χ4v) is 5.59. The van der Waals surface area contributed by atoms with Crippen LogP contribution in [0.5, 0.6) is 0 Å². The van der Waals surface area contributed by atoms with E-state index in [1.165, 1.54) is 38.1 Å². The van der Waals surface area contributed by atoms with Crippen LogP contribution in [0, 0.1) is 11.8 Å². The number of sulfonamides is 1. The number of amides is 3. The van der Waals surface area contributed by atoms with Gasteiger partial charge in [-0.1, -0.05) is 12.8 Å². The normalized spacial score (nSPS) is 22.3. The molecule has 2 fully saturated rings. The van der Waals surface area contributed by atoms with Crippen molar-refractivity contribution in [3.8, 4) is 0 Å². The summed E-state index contributed by atoms with van der Waals surface area (Å²) in [6, 6.07) is 4.16. The van der Waals surface area contributed by atoms with Crippen molar-refractivity contribution in [2.24, 2.45) is 11.8 Å². The van der Waals surface area contributed by atoms with Crippen LogP contribution in [-0.2, 0) is 33.9 Å². The molecule has 1 saturated heterocycles. The number of benzene rings is 1. The van der Waals surface area contributed by atoms with Crippen LogP contribution in [0.25, 0.3) is 0 Å². The van der Waals surface area contributed by atoms with E-state index in [4.69, 9.17) is 4.74 Å². The fourth-order valence-electron chi connectivity index (χ4n) is 4.34. The summed E-state index contributed by atoms with van der Waals surface area (Å²) in [7, 11) is -3.66. The highest BCUT2D eigenvalue weighted by Gasteiger charge is 2.51. The Hall–Kier alpha value is -2.79. The first kappa shape index (κ1) is 25.8. The molecule has 2 aliphatic rings. The number of fused-ring (bicyclic) bond motifs is 1. The molecule has 0 aromatic heterocycles. The van der Waals surface area contributed by atoms with E-state index in [0.29, 0.717) is 18.5 Å². The third-order valence-corrected chi connectivity index (χ3v) is 7.76. The Morgan fingerprint density at radius 2 is 1.50 bits per heavy atom. The van der Waals surface area contributed by atoms with Crippen molar-refractivity contribution in [3.63, 3.8) is 0 Å². The molecule has 3 amide bonds. The first-order valence-corrected chi connectivity index (χ1v) is 12.9. The number of hydrogen-bond acceptors (Lipinski definition) is 7. The molecular weight excluding hydrogens is 462 g/mol. The van der Waals surface area contributed by atoms with E-state index in [1.807, 2.05) is 0 Å². The molecular formula is C23H31N3O7S. The molecule has 2 N–H and O–H groups in total. The number of carbonyl (C=O) groups is 4. The van der Waals surface area contributed by atoms with E-state index in [9.17, 15) is 27.6 Å². The number of carbonyl (C=O) groups excluding carboxylic acids is 4. The lowest BCUT2D eigenvalue weighted by Gasteiger charge is -2.23. The number of esters is 1. The number of imide groups is 1. The molecule has 1 saturated carbocycles. The van der Waals surface area contributed by atoms with Crippen molar-refractivity contribution in [2.75, 3.05) is 5.32 Å². The minimum absolute atomic E-state index is 0.0491. The summed E-state index contributed by atoms with van der Waals surface area (Å²) in [6.45, 7) is 6.21. The summed E-state index contributed by atoms with van der Waals surface area (Å²) in [5, 5.41) is 2.55. The highest BCUT2D eigenvalue weighted by molar-refractivity contribution is 7.89. The van der Waals surface area contributed by atoms with Gasteiger partial charge in [0, 0.05) is 11.7 Å². The minimum Gasteiger partial charge on any atom is -0.451 e. The Balaban J connectivity index is 1.58. The van der Waals surface area contributed by atoms with Gasteiger partial charge in [-0.25, -0.2) is 17.9 Å². The lowest BCUT2D eigenvalue weighted by molar-refractivity contribution is -0.163. The molecule has 34 heavy (non-hydrogen) atoms. The zero-order valence-electron chi connectivity index (χ0n) is 19.7. The lowest BCUT2D eigenvalue weighted by atomic mass is 9.81. The summed E-state index contributed by atoms with van der Waals surface area (Å²) in [6.07, 6.45) is 1.84. The van der Waals surface area contributed by atoms with E-state index >= 15 is 0 Å². The Kier molecular flexibility index (Phi) is 7.77. The summed E-state index contributed by atoms with van der Waals surface area (Å²) in [5.41, 5.74) is 0.318. The van der Waals surface area contributed by atoms with Gasteiger partial charge in [-0.05, 0) is 64.8 Å². The van der Waals surface area contributed by atoms with E-state index in [0.717, 1.165) is 17.7 Å². The van der Waals surface area contributed by atoms with Crippen LogP contribution in [0.4, 0.5) is 5.69 Å². The molecule has 0 radical (unpaired) electrons. The molecule has 3 rings (SSSR count). The zero-order chi connectivity index (χ0) is 25.2. The van der Waals surface area contributed by atoms with E-state index in [1.54, 1.807) is 13.8 Å². The second-order valence-electron chi connectivity index (χ2n) is 9.09. The summed E-state index contributed by atoms with van der Waals surface area (Å²) >= 11 is 0. The van der Waals surface area contributed by atoms with Gasteiger partial charge < -0.3 is 10.1 Å². The topological polar surface area (TPSA) is 139 Å². The number of nitrogens with zero attached hydrogens (tertiary/aromatic N) is 1. The predicted molar refractivity (Wildman–Crippen MR) is 123 cm³/mol. The molecule has 4 atom stereocenters. The van der Waals surface area contributed by atoms with Crippen molar-refractivity contribution in [1.82, 2.24) is 9.62 Å². The van der Waals surface area contributed by atoms with Crippen LogP contribution in [-0.4, -0.2) is 55.2 Å². The third kappa shape index (κ3) is 5.47. The van der Waals surface area contributed by atoms with Crippen LogP contribution in [0.1, 0.15) is 53.4 Å². The number of likely N-dealkylation sites (tertiary alicyclic amines) is 1. The van der Waals surface area contributed by atoms with Crippen molar-refractivity contribution in [2.45, 2.75) is 76.5 Å². The summed E-state index contributed by atoms with van der Waals surface area (Å²) < 4.78 is 32.1. The Morgan fingerprint density at radius 3 is 2.00 bits per heavy atom. The van der Waals surface area contributed by atoms with Crippen molar-refractivity contribution < 1.29 is 32.3 Å². The van der Waals surface area contributed by atoms with Gasteiger partial charge in [-0.15, -0.1) is 0 Å². The largest absolute Gasteiger partial charge is 0.451 e. The SMILES string of the molecule is CC(C)NS(=O)(=O)c1ccc(NC(=O)[C@H](C)OC(=O)[C@H](C)N2C(=O)[C@H]3CCCC[C@H]3C2=O)cc1. The standard InChI is InChI=1S/C23H31N3O7S/c1-13(2)25-34(31,32)17-11-9-16(10-12-17)24-20(27)15(4)33-23(30)14(3)26-21(28)18-7-5-6-8-19(18)22(26)29/h9-15,18-19,25H,5-8H2,1-4H3,(H,24,27)/t14-,15-,18-,19+/m0/s1. The first-order chi connectivity index (χ1) is 15.9. The van der Waals surface area contributed by atoms with Gasteiger partial charge in [-0.3, -0.25) is 19.3 Å².